The van der Waals surface area contributed by atoms with Gasteiger partial charge in [0.1, 0.15) is 29.2 Å². The summed E-state index contributed by atoms with van der Waals surface area (Å²) < 4.78 is 37.1. The maximum atomic E-state index is 13.8. The summed E-state index contributed by atoms with van der Waals surface area (Å²) in [7, 11) is -2.38. The monoisotopic (exact) mass is 622 g/mol. The topological polar surface area (TPSA) is 159 Å². The van der Waals surface area contributed by atoms with Gasteiger partial charge in [-0.15, -0.1) is 0 Å². The molecule has 0 aliphatic carbocycles. The maximum absolute atomic E-state index is 13.8. The molecule has 0 radical (unpaired) electrons. The second kappa shape index (κ2) is 11.8. The number of methoxy groups -OCH3 is 1. The van der Waals surface area contributed by atoms with Crippen molar-refractivity contribution >= 4 is 32.9 Å². The lowest BCUT2D eigenvalue weighted by Crippen LogP contribution is -2.29. The summed E-state index contributed by atoms with van der Waals surface area (Å²) in [6.45, 7) is 3.74. The number of anilines is 3. The van der Waals surface area contributed by atoms with Gasteiger partial charge in [-0.1, -0.05) is 30.3 Å². The number of hydrogen-bond donors (Lipinski definition) is 3. The highest BCUT2D eigenvalue weighted by atomic mass is 32.2. The Bertz CT molecular complexity index is 2180. The van der Waals surface area contributed by atoms with Gasteiger partial charge in [0.2, 0.25) is 0 Å². The average Bonchev–Trinajstić information content (AvgIpc) is 3.42. The molecule has 3 aromatic carbocycles. The average molecular weight is 623 g/mol. The number of para-hydroxylation sites is 1. The molecule has 6 aromatic rings. The molecular formula is C32H30N8O4S. The van der Waals surface area contributed by atoms with Gasteiger partial charge in [-0.25, -0.2) is 22.9 Å². The summed E-state index contributed by atoms with van der Waals surface area (Å²) in [6.07, 6.45) is 3.09. The van der Waals surface area contributed by atoms with Crippen molar-refractivity contribution in [2.24, 2.45) is 0 Å². The van der Waals surface area contributed by atoms with E-state index in [9.17, 15) is 13.2 Å². The number of ether oxygens (including phenoxy) is 1. The number of benzene rings is 3. The number of rotatable bonds is 9. The predicted octanol–water partition coefficient (Wildman–Crippen LogP) is 4.82. The molecule has 3 aromatic heterocycles. The van der Waals surface area contributed by atoms with Crippen molar-refractivity contribution < 1.29 is 13.2 Å². The fraction of sp³-hybridized carbons (Fsp3) is 0.125. The molecule has 0 saturated carbocycles. The number of aryl methyl sites for hydroxylation is 1. The number of fused-ring (bicyclic) bond motifs is 1. The van der Waals surface area contributed by atoms with Gasteiger partial charge >= 0.3 is 0 Å². The molecule has 0 spiro atoms. The van der Waals surface area contributed by atoms with Gasteiger partial charge in [0.15, 0.2) is 5.82 Å². The summed E-state index contributed by atoms with van der Waals surface area (Å²) in [4.78, 5) is 22.5. The zero-order valence-corrected chi connectivity index (χ0v) is 25.5. The first-order valence-corrected chi connectivity index (χ1v) is 15.4. The standard InChI is InChI=1S/C32H30N8O4S/c1-20-16-17-39-28(20)32(41)40(24-10-5-4-6-11-24)31(37-39)21(2)36-30-27(29(33)34-19-35-30)22-8-7-9-23(18-22)38-45(42,43)26-14-12-25(44-3)13-15-26/h4-19,21,38H,1-3H3,(H3,33,34,35,36)/t21-/m0/s1. The third-order valence-electron chi connectivity index (χ3n) is 7.32. The maximum Gasteiger partial charge on any atom is 0.282 e. The fourth-order valence-electron chi connectivity index (χ4n) is 5.11. The summed E-state index contributed by atoms with van der Waals surface area (Å²) in [5.74, 6) is 1.55. The second-order valence-corrected chi connectivity index (χ2v) is 12.0. The van der Waals surface area contributed by atoms with Crippen LogP contribution in [0.25, 0.3) is 22.3 Å². The lowest BCUT2D eigenvalue weighted by molar-refractivity contribution is 0.414. The summed E-state index contributed by atoms with van der Waals surface area (Å²) in [6, 6.07) is 23.5. The van der Waals surface area contributed by atoms with Crippen LogP contribution >= 0.6 is 0 Å². The number of aromatic nitrogens is 5. The van der Waals surface area contributed by atoms with Crippen molar-refractivity contribution in [3.8, 4) is 22.6 Å². The van der Waals surface area contributed by atoms with Crippen molar-refractivity contribution in [3.05, 3.63) is 119 Å². The van der Waals surface area contributed by atoms with Gasteiger partial charge in [0, 0.05) is 11.9 Å². The van der Waals surface area contributed by atoms with E-state index < -0.39 is 16.1 Å². The zero-order chi connectivity index (χ0) is 31.7. The van der Waals surface area contributed by atoms with Crippen LogP contribution in [0.15, 0.2) is 107 Å². The Kier molecular flexibility index (Phi) is 7.69. The molecule has 0 aliphatic rings. The molecule has 0 amide bonds. The van der Waals surface area contributed by atoms with Crippen LogP contribution < -0.4 is 26.1 Å². The number of nitrogens with zero attached hydrogens (tertiary/aromatic N) is 5. The highest BCUT2D eigenvalue weighted by Gasteiger charge is 2.22. The smallest absolute Gasteiger partial charge is 0.282 e. The molecule has 12 nitrogen and oxygen atoms in total. The molecule has 3 heterocycles. The van der Waals surface area contributed by atoms with Crippen LogP contribution in [0.1, 0.15) is 24.4 Å². The Morgan fingerprint density at radius 3 is 2.44 bits per heavy atom. The number of nitrogens with one attached hydrogen (secondary N) is 2. The number of nitrogen functional groups attached to an aromatic ring is 1. The Morgan fingerprint density at radius 2 is 1.71 bits per heavy atom. The summed E-state index contributed by atoms with van der Waals surface area (Å²) >= 11 is 0. The molecule has 4 N–H and O–H groups in total. The highest BCUT2D eigenvalue weighted by Crippen LogP contribution is 2.34. The Hall–Kier alpha value is -5.69. The van der Waals surface area contributed by atoms with E-state index in [1.807, 2.05) is 50.2 Å². The first kappa shape index (κ1) is 29.4. The molecule has 13 heteroatoms. The molecule has 45 heavy (non-hydrogen) atoms. The molecule has 0 saturated heterocycles. The van der Waals surface area contributed by atoms with Crippen molar-refractivity contribution in [2.75, 3.05) is 22.9 Å². The number of hydrogen-bond acceptors (Lipinski definition) is 9. The first-order chi connectivity index (χ1) is 21.7. The normalized spacial score (nSPS) is 12.2. The van der Waals surface area contributed by atoms with Gasteiger partial charge in [0.05, 0.1) is 29.3 Å². The van der Waals surface area contributed by atoms with Crippen LogP contribution in [0, 0.1) is 6.92 Å². The van der Waals surface area contributed by atoms with E-state index in [-0.39, 0.29) is 16.3 Å². The minimum atomic E-state index is -3.89. The van der Waals surface area contributed by atoms with E-state index in [1.54, 1.807) is 51.7 Å². The lowest BCUT2D eigenvalue weighted by Gasteiger charge is -2.21. The van der Waals surface area contributed by atoms with E-state index in [0.717, 1.165) is 5.56 Å². The van der Waals surface area contributed by atoms with Gasteiger partial charge in [0.25, 0.3) is 15.6 Å². The van der Waals surface area contributed by atoms with E-state index in [2.05, 4.69) is 20.0 Å². The van der Waals surface area contributed by atoms with Gasteiger partial charge in [-0.05, 0) is 79.6 Å². The molecule has 0 unspecified atom stereocenters. The fourth-order valence-corrected chi connectivity index (χ4v) is 6.16. The van der Waals surface area contributed by atoms with Crippen LogP contribution in [0.3, 0.4) is 0 Å². The first-order valence-electron chi connectivity index (χ1n) is 14.0. The van der Waals surface area contributed by atoms with E-state index in [1.165, 1.54) is 25.6 Å². The van der Waals surface area contributed by atoms with Crippen molar-refractivity contribution in [1.29, 1.82) is 0 Å². The molecule has 0 fully saturated rings. The van der Waals surface area contributed by atoms with Gasteiger partial charge in [-0.3, -0.25) is 14.1 Å². The van der Waals surface area contributed by atoms with Crippen LogP contribution in [-0.4, -0.2) is 39.7 Å². The highest BCUT2D eigenvalue weighted by molar-refractivity contribution is 7.92. The molecule has 0 aliphatic heterocycles. The second-order valence-electron chi connectivity index (χ2n) is 10.3. The van der Waals surface area contributed by atoms with E-state index >= 15 is 0 Å². The molecule has 228 valence electrons. The van der Waals surface area contributed by atoms with Crippen molar-refractivity contribution in [2.45, 2.75) is 24.8 Å². The zero-order valence-electron chi connectivity index (χ0n) is 24.7. The van der Waals surface area contributed by atoms with Crippen molar-refractivity contribution in [3.63, 3.8) is 0 Å². The van der Waals surface area contributed by atoms with Crippen molar-refractivity contribution in [1.82, 2.24) is 24.1 Å². The number of sulfonamides is 1. The summed E-state index contributed by atoms with van der Waals surface area (Å²) in [5, 5.41) is 8.17. The lowest BCUT2D eigenvalue weighted by atomic mass is 10.1. The SMILES string of the molecule is COc1ccc(S(=O)(=O)Nc2cccc(-c3c(N)ncnc3N[C@@H](C)c3nn4ccc(C)c4c(=O)n3-c3ccccc3)c2)cc1. The Morgan fingerprint density at radius 1 is 0.956 bits per heavy atom. The molecule has 1 atom stereocenters. The molecule has 6 rings (SSSR count). The largest absolute Gasteiger partial charge is 0.497 e. The Balaban J connectivity index is 1.37. The number of nitrogens with two attached hydrogens (primary N) is 1. The van der Waals surface area contributed by atoms with E-state index in [4.69, 9.17) is 15.6 Å². The minimum absolute atomic E-state index is 0.0826. The Labute approximate surface area is 259 Å². The van der Waals surface area contributed by atoms with Crippen LogP contribution in [-0.2, 0) is 10.0 Å². The van der Waals surface area contributed by atoms with E-state index in [0.29, 0.717) is 45.4 Å². The third kappa shape index (κ3) is 5.68. The molecule has 0 bridgehead atoms. The van der Waals surface area contributed by atoms with Crippen LogP contribution in [0.4, 0.5) is 17.3 Å². The van der Waals surface area contributed by atoms with Gasteiger partial charge < -0.3 is 15.8 Å². The van der Waals surface area contributed by atoms with Gasteiger partial charge in [-0.2, -0.15) is 5.10 Å². The van der Waals surface area contributed by atoms with Crippen LogP contribution in [0.5, 0.6) is 5.75 Å². The third-order valence-corrected chi connectivity index (χ3v) is 8.72. The molecular weight excluding hydrogens is 592 g/mol. The van der Waals surface area contributed by atoms with Crippen LogP contribution in [0.2, 0.25) is 0 Å². The summed E-state index contributed by atoms with van der Waals surface area (Å²) in [5.41, 5.74) is 9.48. The predicted molar refractivity (Wildman–Crippen MR) is 173 cm³/mol. The quantitative estimate of drug-likeness (QED) is 0.206. The minimum Gasteiger partial charge on any atom is -0.497 e.